The number of nitrogens with zero attached hydrogens (tertiary/aromatic N) is 2. The van der Waals surface area contributed by atoms with Gasteiger partial charge in [0, 0.05) is 22.0 Å². The second kappa shape index (κ2) is 6.78. The molecule has 0 aliphatic heterocycles. The maximum Gasteiger partial charge on any atom is 0.278 e. The number of nitro groups is 1. The molecule has 27 heavy (non-hydrogen) atoms. The molecule has 0 spiro atoms. The highest BCUT2D eigenvalue weighted by Crippen LogP contribution is 2.36. The lowest BCUT2D eigenvalue weighted by molar-refractivity contribution is -0.384. The summed E-state index contributed by atoms with van der Waals surface area (Å²) in [6.07, 6.45) is 0. The molecule has 0 amide bonds. The second-order valence-electron chi connectivity index (χ2n) is 5.97. The molecule has 3 aromatic carbocycles. The molecular weight excluding hydrogens is 367 g/mol. The molecule has 0 aliphatic carbocycles. The van der Waals surface area contributed by atoms with Gasteiger partial charge in [-0.15, -0.1) is 0 Å². The molecule has 4 rings (SSSR count). The SMILES string of the molecule is O=[N+]([O-])c1ccccc1-c1cc(-c2ccccc2F)c2cc(Cl)ccc2n1. The predicted molar refractivity (Wildman–Crippen MR) is 104 cm³/mol. The molecule has 132 valence electrons. The van der Waals surface area contributed by atoms with E-state index in [-0.39, 0.29) is 5.69 Å². The van der Waals surface area contributed by atoms with Crippen molar-refractivity contribution in [3.8, 4) is 22.4 Å². The van der Waals surface area contributed by atoms with E-state index in [4.69, 9.17) is 11.6 Å². The minimum atomic E-state index is -0.453. The molecule has 6 heteroatoms. The van der Waals surface area contributed by atoms with Crippen LogP contribution in [0.1, 0.15) is 0 Å². The number of hydrogen-bond acceptors (Lipinski definition) is 3. The van der Waals surface area contributed by atoms with Crippen molar-refractivity contribution in [2.24, 2.45) is 0 Å². The summed E-state index contributed by atoms with van der Waals surface area (Å²) in [5.41, 5.74) is 2.25. The van der Waals surface area contributed by atoms with Crippen molar-refractivity contribution in [2.45, 2.75) is 0 Å². The van der Waals surface area contributed by atoms with Crippen molar-refractivity contribution in [1.29, 1.82) is 0 Å². The van der Waals surface area contributed by atoms with Crippen molar-refractivity contribution < 1.29 is 9.31 Å². The highest BCUT2D eigenvalue weighted by atomic mass is 35.5. The molecule has 1 aromatic heterocycles. The van der Waals surface area contributed by atoms with Gasteiger partial charge in [0.1, 0.15) is 5.82 Å². The predicted octanol–water partition coefficient (Wildman–Crippen LogP) is 6.27. The second-order valence-corrected chi connectivity index (χ2v) is 6.41. The first kappa shape index (κ1) is 17.1. The van der Waals surface area contributed by atoms with Crippen molar-refractivity contribution in [2.75, 3.05) is 0 Å². The normalized spacial score (nSPS) is 10.9. The van der Waals surface area contributed by atoms with Gasteiger partial charge >= 0.3 is 0 Å². The number of pyridine rings is 1. The molecule has 4 nitrogen and oxygen atoms in total. The summed E-state index contributed by atoms with van der Waals surface area (Å²) in [4.78, 5) is 15.5. The van der Waals surface area contributed by atoms with Gasteiger partial charge in [0.25, 0.3) is 5.69 Å². The standard InChI is InChI=1S/C21H12ClFN2O2/c22-13-9-10-19-17(11-13)16(14-5-1-3-7-18(14)23)12-20(24-19)15-6-2-4-8-21(15)25(26)27/h1-12H. The quantitative estimate of drug-likeness (QED) is 0.312. The van der Waals surface area contributed by atoms with Crippen molar-refractivity contribution in [3.63, 3.8) is 0 Å². The Labute approximate surface area is 159 Å². The molecule has 0 bridgehead atoms. The van der Waals surface area contributed by atoms with Crippen LogP contribution in [-0.4, -0.2) is 9.91 Å². The lowest BCUT2D eigenvalue weighted by atomic mass is 9.97. The van der Waals surface area contributed by atoms with E-state index < -0.39 is 10.7 Å². The van der Waals surface area contributed by atoms with Gasteiger partial charge in [-0.25, -0.2) is 9.37 Å². The molecular formula is C21H12ClFN2O2. The van der Waals surface area contributed by atoms with E-state index in [1.165, 1.54) is 12.1 Å². The Morgan fingerprint density at radius 1 is 0.889 bits per heavy atom. The van der Waals surface area contributed by atoms with Crippen LogP contribution in [0.2, 0.25) is 5.02 Å². The van der Waals surface area contributed by atoms with Crippen LogP contribution in [0.3, 0.4) is 0 Å². The Balaban J connectivity index is 2.07. The summed E-state index contributed by atoms with van der Waals surface area (Å²) in [5.74, 6) is -0.390. The summed E-state index contributed by atoms with van der Waals surface area (Å²) in [5, 5.41) is 12.6. The van der Waals surface area contributed by atoms with E-state index in [1.54, 1.807) is 60.7 Å². The van der Waals surface area contributed by atoms with Crippen molar-refractivity contribution in [1.82, 2.24) is 4.98 Å². The van der Waals surface area contributed by atoms with Gasteiger partial charge in [-0.3, -0.25) is 10.1 Å². The lowest BCUT2D eigenvalue weighted by Gasteiger charge is -2.11. The van der Waals surface area contributed by atoms with E-state index in [9.17, 15) is 14.5 Å². The first-order valence-corrected chi connectivity index (χ1v) is 8.51. The summed E-state index contributed by atoms with van der Waals surface area (Å²) in [6.45, 7) is 0. The number of aromatic nitrogens is 1. The number of nitro benzene ring substituents is 1. The Kier molecular flexibility index (Phi) is 4.30. The Morgan fingerprint density at radius 2 is 1.59 bits per heavy atom. The monoisotopic (exact) mass is 378 g/mol. The number of halogens is 2. The summed E-state index contributed by atoms with van der Waals surface area (Å²) in [7, 11) is 0. The first-order chi connectivity index (χ1) is 13.0. The number of hydrogen-bond donors (Lipinski definition) is 0. The minimum absolute atomic E-state index is 0.0576. The lowest BCUT2D eigenvalue weighted by Crippen LogP contribution is -1.95. The van der Waals surface area contributed by atoms with E-state index >= 15 is 0 Å². The van der Waals surface area contributed by atoms with Gasteiger partial charge in [-0.1, -0.05) is 41.9 Å². The molecule has 4 aromatic rings. The van der Waals surface area contributed by atoms with Crippen LogP contribution in [0, 0.1) is 15.9 Å². The molecule has 0 aliphatic rings. The van der Waals surface area contributed by atoms with Gasteiger partial charge in [-0.2, -0.15) is 0 Å². The summed E-state index contributed by atoms with van der Waals surface area (Å²) in [6, 6.07) is 19.5. The van der Waals surface area contributed by atoms with Crippen LogP contribution in [0.4, 0.5) is 10.1 Å². The van der Waals surface area contributed by atoms with Crippen LogP contribution in [0.25, 0.3) is 33.3 Å². The summed E-state index contributed by atoms with van der Waals surface area (Å²) >= 11 is 6.13. The third-order valence-electron chi connectivity index (χ3n) is 4.31. The van der Waals surface area contributed by atoms with E-state index in [0.29, 0.717) is 38.3 Å². The zero-order valence-electron chi connectivity index (χ0n) is 13.9. The Morgan fingerprint density at radius 3 is 2.33 bits per heavy atom. The maximum atomic E-state index is 14.5. The zero-order valence-corrected chi connectivity index (χ0v) is 14.7. The molecule has 0 N–H and O–H groups in total. The fourth-order valence-corrected chi connectivity index (χ4v) is 3.26. The fourth-order valence-electron chi connectivity index (χ4n) is 3.09. The van der Waals surface area contributed by atoms with Crippen LogP contribution < -0.4 is 0 Å². The van der Waals surface area contributed by atoms with Gasteiger partial charge in [0.05, 0.1) is 21.7 Å². The largest absolute Gasteiger partial charge is 0.278 e. The smallest absolute Gasteiger partial charge is 0.258 e. The molecule has 0 atom stereocenters. The van der Waals surface area contributed by atoms with E-state index in [2.05, 4.69) is 4.98 Å². The third kappa shape index (κ3) is 3.13. The zero-order chi connectivity index (χ0) is 19.0. The average Bonchev–Trinajstić information content (AvgIpc) is 2.67. The van der Waals surface area contributed by atoms with Gasteiger partial charge in [0.15, 0.2) is 0 Å². The van der Waals surface area contributed by atoms with Crippen molar-refractivity contribution in [3.05, 3.63) is 93.8 Å². The number of rotatable bonds is 3. The highest BCUT2D eigenvalue weighted by molar-refractivity contribution is 6.31. The third-order valence-corrected chi connectivity index (χ3v) is 4.55. The van der Waals surface area contributed by atoms with E-state index in [0.717, 1.165) is 0 Å². The maximum absolute atomic E-state index is 14.5. The van der Waals surface area contributed by atoms with Gasteiger partial charge < -0.3 is 0 Å². The van der Waals surface area contributed by atoms with Gasteiger partial charge in [0.2, 0.25) is 0 Å². The number of fused-ring (bicyclic) bond motifs is 1. The Bertz CT molecular complexity index is 1190. The fraction of sp³-hybridized carbons (Fsp3) is 0. The number of benzene rings is 3. The average molecular weight is 379 g/mol. The molecule has 0 saturated heterocycles. The molecule has 0 saturated carbocycles. The Hall–Kier alpha value is -3.31. The highest BCUT2D eigenvalue weighted by Gasteiger charge is 2.18. The topological polar surface area (TPSA) is 56.0 Å². The van der Waals surface area contributed by atoms with Crippen LogP contribution in [0.15, 0.2) is 72.8 Å². The molecule has 0 unspecified atom stereocenters. The molecule has 0 radical (unpaired) electrons. The van der Waals surface area contributed by atoms with Crippen LogP contribution in [-0.2, 0) is 0 Å². The summed E-state index contributed by atoms with van der Waals surface area (Å²) < 4.78 is 14.5. The minimum Gasteiger partial charge on any atom is -0.258 e. The van der Waals surface area contributed by atoms with E-state index in [1.807, 2.05) is 0 Å². The molecule has 0 fully saturated rings. The number of para-hydroxylation sites is 1. The van der Waals surface area contributed by atoms with Crippen molar-refractivity contribution >= 4 is 28.2 Å². The van der Waals surface area contributed by atoms with Gasteiger partial charge in [-0.05, 0) is 42.0 Å². The van der Waals surface area contributed by atoms with Crippen LogP contribution >= 0.6 is 11.6 Å². The van der Waals surface area contributed by atoms with Crippen LogP contribution in [0.5, 0.6) is 0 Å². The first-order valence-electron chi connectivity index (χ1n) is 8.13. The molecule has 1 heterocycles.